The summed E-state index contributed by atoms with van der Waals surface area (Å²) >= 11 is 0. The van der Waals surface area contributed by atoms with E-state index in [9.17, 15) is 26.4 Å². The number of aromatic nitrogens is 1. The number of alkyl halides is 3. The quantitative estimate of drug-likeness (QED) is 0.683. The van der Waals surface area contributed by atoms with E-state index in [0.717, 1.165) is 37.1 Å². The maximum absolute atomic E-state index is 12.7. The molecule has 1 saturated heterocycles. The lowest BCUT2D eigenvalue weighted by Crippen LogP contribution is -2.45. The number of halogens is 3. The third-order valence-electron chi connectivity index (χ3n) is 6.29. The third kappa shape index (κ3) is 5.66. The number of carbonyl (C=O) groups excluding carboxylic acids is 1. The van der Waals surface area contributed by atoms with Crippen molar-refractivity contribution in [2.24, 2.45) is 0 Å². The zero-order valence-corrected chi connectivity index (χ0v) is 18.9. The lowest BCUT2D eigenvalue weighted by atomic mass is 10.0. The van der Waals surface area contributed by atoms with E-state index in [1.165, 1.54) is 11.6 Å². The number of fused-ring (bicyclic) bond motifs is 1. The SMILES string of the molecule is O=C(CCS(=O)(=O)c1ccc2c(c1)CCC2)NC1CCN(c2ccc(C(F)(F)F)cn2)CC1. The van der Waals surface area contributed by atoms with Crippen LogP contribution in [0.25, 0.3) is 0 Å². The molecule has 0 spiro atoms. The largest absolute Gasteiger partial charge is 0.417 e. The monoisotopic (exact) mass is 481 g/mol. The first-order chi connectivity index (χ1) is 15.6. The molecule has 33 heavy (non-hydrogen) atoms. The van der Waals surface area contributed by atoms with Crippen molar-refractivity contribution in [3.8, 4) is 0 Å². The average molecular weight is 482 g/mol. The Balaban J connectivity index is 1.25. The molecular formula is C23H26F3N3O3S. The van der Waals surface area contributed by atoms with Gasteiger partial charge in [-0.2, -0.15) is 13.2 Å². The Morgan fingerprint density at radius 1 is 1.09 bits per heavy atom. The maximum Gasteiger partial charge on any atom is 0.417 e. The zero-order valence-electron chi connectivity index (χ0n) is 18.1. The molecule has 0 radical (unpaired) electrons. The molecule has 2 aromatic rings. The number of nitrogens with zero attached hydrogens (tertiary/aromatic N) is 2. The molecule has 0 bridgehead atoms. The van der Waals surface area contributed by atoms with E-state index in [4.69, 9.17) is 0 Å². The highest BCUT2D eigenvalue weighted by atomic mass is 32.2. The van der Waals surface area contributed by atoms with Crippen LogP contribution in [0.5, 0.6) is 0 Å². The van der Waals surface area contributed by atoms with Crippen molar-refractivity contribution in [1.29, 1.82) is 0 Å². The van der Waals surface area contributed by atoms with Gasteiger partial charge in [0.25, 0.3) is 0 Å². The summed E-state index contributed by atoms with van der Waals surface area (Å²) in [5.74, 6) is -0.0922. The molecule has 0 saturated carbocycles. The van der Waals surface area contributed by atoms with Gasteiger partial charge in [0.2, 0.25) is 5.91 Å². The summed E-state index contributed by atoms with van der Waals surface area (Å²) in [6.07, 6.45) is 0.403. The fourth-order valence-electron chi connectivity index (χ4n) is 4.38. The lowest BCUT2D eigenvalue weighted by Gasteiger charge is -2.33. The van der Waals surface area contributed by atoms with Crippen LogP contribution in [-0.4, -0.2) is 44.2 Å². The van der Waals surface area contributed by atoms with E-state index < -0.39 is 21.6 Å². The van der Waals surface area contributed by atoms with E-state index in [1.807, 2.05) is 11.0 Å². The summed E-state index contributed by atoms with van der Waals surface area (Å²) in [6, 6.07) is 7.49. The van der Waals surface area contributed by atoms with Gasteiger partial charge >= 0.3 is 6.18 Å². The Bertz CT molecular complexity index is 1110. The highest BCUT2D eigenvalue weighted by Gasteiger charge is 2.31. The number of hydrogen-bond acceptors (Lipinski definition) is 5. The van der Waals surface area contributed by atoms with E-state index in [1.54, 1.807) is 12.1 Å². The lowest BCUT2D eigenvalue weighted by molar-refractivity contribution is -0.137. The van der Waals surface area contributed by atoms with Gasteiger partial charge in [-0.1, -0.05) is 6.07 Å². The predicted molar refractivity (Wildman–Crippen MR) is 118 cm³/mol. The van der Waals surface area contributed by atoms with Gasteiger partial charge < -0.3 is 10.2 Å². The number of nitrogens with one attached hydrogen (secondary N) is 1. The van der Waals surface area contributed by atoms with Gasteiger partial charge in [0.1, 0.15) is 5.82 Å². The molecule has 10 heteroatoms. The van der Waals surface area contributed by atoms with Crippen LogP contribution in [0, 0.1) is 0 Å². The Morgan fingerprint density at radius 3 is 2.48 bits per heavy atom. The minimum absolute atomic E-state index is 0.106. The molecule has 1 aromatic heterocycles. The number of rotatable bonds is 6. The van der Waals surface area contributed by atoms with Gasteiger partial charge in [0, 0.05) is 31.7 Å². The number of piperidine rings is 1. The Kier molecular flexibility index (Phi) is 6.65. The molecule has 6 nitrogen and oxygen atoms in total. The van der Waals surface area contributed by atoms with Crippen LogP contribution in [0.4, 0.5) is 19.0 Å². The van der Waals surface area contributed by atoms with Crippen molar-refractivity contribution in [3.05, 3.63) is 53.2 Å². The molecule has 4 rings (SSSR count). The fourth-order valence-corrected chi connectivity index (χ4v) is 5.67. The molecular weight excluding hydrogens is 455 g/mol. The first-order valence-electron chi connectivity index (χ1n) is 11.0. The molecule has 0 atom stereocenters. The van der Waals surface area contributed by atoms with Crippen molar-refractivity contribution < 1.29 is 26.4 Å². The van der Waals surface area contributed by atoms with Crippen molar-refractivity contribution in [2.75, 3.05) is 23.7 Å². The first kappa shape index (κ1) is 23.5. The van der Waals surface area contributed by atoms with Crippen LogP contribution in [0.2, 0.25) is 0 Å². The van der Waals surface area contributed by atoms with Crippen LogP contribution < -0.4 is 10.2 Å². The van der Waals surface area contributed by atoms with Gasteiger partial charge in [-0.15, -0.1) is 0 Å². The molecule has 1 amide bonds. The van der Waals surface area contributed by atoms with E-state index in [0.29, 0.717) is 31.7 Å². The van der Waals surface area contributed by atoms with Crippen molar-refractivity contribution >= 4 is 21.6 Å². The molecule has 1 aromatic carbocycles. The Hall–Kier alpha value is -2.62. The summed E-state index contributed by atoms with van der Waals surface area (Å²) in [6.45, 7) is 1.08. The van der Waals surface area contributed by atoms with Crippen LogP contribution in [0.1, 0.15) is 42.4 Å². The normalized spacial score (nSPS) is 17.1. The van der Waals surface area contributed by atoms with Crippen LogP contribution in [-0.2, 0) is 33.6 Å². The van der Waals surface area contributed by atoms with Gasteiger partial charge in [0.05, 0.1) is 16.2 Å². The summed E-state index contributed by atoms with van der Waals surface area (Å²) in [5, 5.41) is 2.89. The highest BCUT2D eigenvalue weighted by molar-refractivity contribution is 7.91. The summed E-state index contributed by atoms with van der Waals surface area (Å²) in [5.41, 5.74) is 1.49. The number of benzene rings is 1. The van der Waals surface area contributed by atoms with E-state index >= 15 is 0 Å². The maximum atomic E-state index is 12.7. The molecule has 2 heterocycles. The number of hydrogen-bond donors (Lipinski definition) is 1. The van der Waals surface area contributed by atoms with Crippen molar-refractivity contribution in [1.82, 2.24) is 10.3 Å². The molecule has 2 aliphatic rings. The smallest absolute Gasteiger partial charge is 0.356 e. The van der Waals surface area contributed by atoms with Crippen LogP contribution in [0.15, 0.2) is 41.4 Å². The zero-order chi connectivity index (χ0) is 23.6. The minimum atomic E-state index is -4.42. The number of aryl methyl sites for hydroxylation is 2. The van der Waals surface area contributed by atoms with Crippen molar-refractivity contribution in [2.45, 2.75) is 55.6 Å². The second-order valence-electron chi connectivity index (χ2n) is 8.58. The summed E-state index contributed by atoms with van der Waals surface area (Å²) in [4.78, 5) is 18.4. The van der Waals surface area contributed by atoms with Crippen LogP contribution in [0.3, 0.4) is 0 Å². The van der Waals surface area contributed by atoms with E-state index in [-0.39, 0.29) is 29.0 Å². The van der Waals surface area contributed by atoms with Gasteiger partial charge in [-0.3, -0.25) is 4.79 Å². The Labute approximate surface area is 191 Å². The molecule has 1 aliphatic heterocycles. The second-order valence-corrected chi connectivity index (χ2v) is 10.7. The van der Waals surface area contributed by atoms with Gasteiger partial charge in [0.15, 0.2) is 9.84 Å². The number of sulfone groups is 1. The predicted octanol–water partition coefficient (Wildman–Crippen LogP) is 3.54. The van der Waals surface area contributed by atoms with E-state index in [2.05, 4.69) is 10.3 Å². The van der Waals surface area contributed by atoms with Gasteiger partial charge in [-0.05, 0) is 67.5 Å². The highest BCUT2D eigenvalue weighted by Crippen LogP contribution is 2.30. The topological polar surface area (TPSA) is 79.4 Å². The first-order valence-corrected chi connectivity index (χ1v) is 12.7. The number of amides is 1. The number of carbonyl (C=O) groups is 1. The number of anilines is 1. The van der Waals surface area contributed by atoms with Crippen molar-refractivity contribution in [3.63, 3.8) is 0 Å². The average Bonchev–Trinajstić information content (AvgIpc) is 3.26. The molecule has 0 unspecified atom stereocenters. The minimum Gasteiger partial charge on any atom is -0.356 e. The fraction of sp³-hybridized carbons (Fsp3) is 0.478. The molecule has 1 aliphatic carbocycles. The number of pyridine rings is 1. The molecule has 1 fully saturated rings. The standard InChI is InChI=1S/C23H26F3N3O3S/c24-23(25,26)18-5-7-21(27-15-18)29-11-8-19(9-12-29)28-22(30)10-13-33(31,32)20-6-4-16-2-1-3-17(16)14-20/h4-7,14-15,19H,1-3,8-13H2,(H,28,30). The molecule has 178 valence electrons. The Morgan fingerprint density at radius 2 is 1.82 bits per heavy atom. The summed E-state index contributed by atoms with van der Waals surface area (Å²) in [7, 11) is -3.53. The van der Waals surface area contributed by atoms with Gasteiger partial charge in [-0.25, -0.2) is 13.4 Å². The second kappa shape index (κ2) is 9.32. The molecule has 1 N–H and O–H groups in total. The summed E-state index contributed by atoms with van der Waals surface area (Å²) < 4.78 is 63.4. The third-order valence-corrected chi connectivity index (χ3v) is 8.00. The van der Waals surface area contributed by atoms with Crippen LogP contribution >= 0.6 is 0 Å².